The standard InChI is InChI=1S/C14H10Cl2N4O5/c1-2-25-14(23)10-9-11(20(17-10)18-24)13(22)19(12(9)21)6-3-4-7(15)8(16)5-6/h3-5,9,11H,2H2,1H3/t9-,11+/m1/s1. The van der Waals surface area contributed by atoms with E-state index in [2.05, 4.69) is 10.4 Å². The van der Waals surface area contributed by atoms with Crippen molar-refractivity contribution in [2.24, 2.45) is 16.3 Å². The number of nitroso groups, excluding NO2 is 1. The molecule has 25 heavy (non-hydrogen) atoms. The van der Waals surface area contributed by atoms with Crippen LogP contribution in [0.3, 0.4) is 0 Å². The third-order valence-corrected chi connectivity index (χ3v) is 4.50. The van der Waals surface area contributed by atoms with Crippen molar-refractivity contribution in [3.05, 3.63) is 33.2 Å². The Morgan fingerprint density at radius 3 is 2.60 bits per heavy atom. The van der Waals surface area contributed by atoms with Crippen LogP contribution in [0.2, 0.25) is 10.0 Å². The molecule has 9 nitrogen and oxygen atoms in total. The number of hydrazone groups is 1. The van der Waals surface area contributed by atoms with Gasteiger partial charge in [0.15, 0.2) is 11.8 Å². The Kier molecular flexibility index (Phi) is 4.44. The van der Waals surface area contributed by atoms with Crippen LogP contribution in [0.4, 0.5) is 5.69 Å². The Hall–Kier alpha value is -2.52. The molecule has 0 N–H and O–H groups in total. The Morgan fingerprint density at radius 2 is 2.00 bits per heavy atom. The summed E-state index contributed by atoms with van der Waals surface area (Å²) in [6, 6.07) is 2.84. The summed E-state index contributed by atoms with van der Waals surface area (Å²) >= 11 is 11.8. The van der Waals surface area contributed by atoms with Gasteiger partial charge in [0, 0.05) is 0 Å². The molecule has 1 saturated heterocycles. The van der Waals surface area contributed by atoms with Gasteiger partial charge >= 0.3 is 5.97 Å². The number of hydrogen-bond acceptors (Lipinski definition) is 7. The lowest BCUT2D eigenvalue weighted by Gasteiger charge is -2.17. The molecule has 2 atom stereocenters. The third kappa shape index (κ3) is 2.65. The second-order valence-corrected chi connectivity index (χ2v) is 5.95. The zero-order valence-electron chi connectivity index (χ0n) is 12.7. The number of imide groups is 1. The fourth-order valence-corrected chi connectivity index (χ4v) is 3.00. The normalized spacial score (nSPS) is 22.1. The highest BCUT2D eigenvalue weighted by Crippen LogP contribution is 2.37. The molecular formula is C14H10Cl2N4O5. The van der Waals surface area contributed by atoms with E-state index in [-0.39, 0.29) is 28.1 Å². The molecule has 2 heterocycles. The van der Waals surface area contributed by atoms with E-state index in [0.717, 1.165) is 4.90 Å². The Labute approximate surface area is 151 Å². The molecule has 0 bridgehead atoms. The number of halogens is 2. The summed E-state index contributed by atoms with van der Waals surface area (Å²) in [7, 11) is 0. The number of carbonyl (C=O) groups is 3. The number of hydrogen-bond donors (Lipinski definition) is 0. The van der Waals surface area contributed by atoms with E-state index < -0.39 is 29.7 Å². The second-order valence-electron chi connectivity index (χ2n) is 5.14. The lowest BCUT2D eigenvalue weighted by molar-refractivity contribution is -0.136. The molecule has 1 aromatic rings. The van der Waals surface area contributed by atoms with Crippen molar-refractivity contribution in [3.8, 4) is 0 Å². The number of amides is 2. The first-order chi connectivity index (χ1) is 11.9. The molecule has 1 fully saturated rings. The van der Waals surface area contributed by atoms with Crippen LogP contribution < -0.4 is 4.90 Å². The fourth-order valence-electron chi connectivity index (χ4n) is 2.71. The summed E-state index contributed by atoms with van der Waals surface area (Å²) in [5.41, 5.74) is -0.180. The van der Waals surface area contributed by atoms with Gasteiger partial charge in [-0.05, 0) is 25.1 Å². The molecule has 2 aliphatic heterocycles. The van der Waals surface area contributed by atoms with Crippen LogP contribution in [0.5, 0.6) is 0 Å². The average molecular weight is 385 g/mol. The number of rotatable bonds is 4. The molecule has 0 unspecified atom stereocenters. The SMILES string of the molecule is CCOC(=O)C1=NN(N=O)[C@@H]2C(=O)N(c3ccc(Cl)c(Cl)c3)C(=O)[C@H]12. The Morgan fingerprint density at radius 1 is 1.28 bits per heavy atom. The predicted molar refractivity (Wildman–Crippen MR) is 87.9 cm³/mol. The minimum absolute atomic E-state index is 0.0440. The van der Waals surface area contributed by atoms with Gasteiger partial charge in [-0.3, -0.25) is 9.59 Å². The molecular weight excluding hydrogens is 375 g/mol. The number of benzene rings is 1. The lowest BCUT2D eigenvalue weighted by atomic mass is 9.98. The maximum atomic E-state index is 12.7. The number of carbonyl (C=O) groups excluding carboxylic acids is 3. The van der Waals surface area contributed by atoms with E-state index in [1.165, 1.54) is 18.2 Å². The van der Waals surface area contributed by atoms with E-state index in [1.54, 1.807) is 6.92 Å². The van der Waals surface area contributed by atoms with Crippen molar-refractivity contribution in [2.45, 2.75) is 13.0 Å². The van der Waals surface area contributed by atoms with Crippen LogP contribution in [0.25, 0.3) is 0 Å². The Bertz CT molecular complexity index is 827. The van der Waals surface area contributed by atoms with Crippen LogP contribution in [-0.4, -0.2) is 41.3 Å². The van der Waals surface area contributed by atoms with Crippen molar-refractivity contribution >= 4 is 52.4 Å². The van der Waals surface area contributed by atoms with Gasteiger partial charge in [0.1, 0.15) is 5.92 Å². The molecule has 0 aromatic heterocycles. The molecule has 0 radical (unpaired) electrons. The van der Waals surface area contributed by atoms with E-state index in [9.17, 15) is 19.3 Å². The van der Waals surface area contributed by atoms with Crippen molar-refractivity contribution in [1.82, 2.24) is 5.12 Å². The predicted octanol–water partition coefficient (Wildman–Crippen LogP) is 1.77. The van der Waals surface area contributed by atoms with Gasteiger partial charge in [0.2, 0.25) is 5.91 Å². The summed E-state index contributed by atoms with van der Waals surface area (Å²) in [6.07, 6.45) is 0. The minimum Gasteiger partial charge on any atom is -0.461 e. The second kappa shape index (κ2) is 6.41. The molecule has 2 aliphatic rings. The van der Waals surface area contributed by atoms with Crippen LogP contribution >= 0.6 is 23.2 Å². The molecule has 11 heteroatoms. The first-order valence-corrected chi connectivity index (χ1v) is 7.87. The fraction of sp³-hybridized carbons (Fsp3) is 0.286. The molecule has 130 valence electrons. The highest BCUT2D eigenvalue weighted by molar-refractivity contribution is 6.47. The summed E-state index contributed by atoms with van der Waals surface area (Å²) < 4.78 is 4.83. The molecule has 0 saturated carbocycles. The van der Waals surface area contributed by atoms with Crippen molar-refractivity contribution in [2.75, 3.05) is 11.5 Å². The maximum absolute atomic E-state index is 12.7. The zero-order valence-corrected chi connectivity index (χ0v) is 14.2. The summed E-state index contributed by atoms with van der Waals surface area (Å²) in [5, 5.41) is 7.15. The van der Waals surface area contributed by atoms with Gasteiger partial charge in [-0.1, -0.05) is 23.2 Å². The largest absolute Gasteiger partial charge is 0.461 e. The van der Waals surface area contributed by atoms with Crippen molar-refractivity contribution < 1.29 is 19.1 Å². The lowest BCUT2D eigenvalue weighted by Crippen LogP contribution is -2.36. The van der Waals surface area contributed by atoms with E-state index >= 15 is 0 Å². The number of fused-ring (bicyclic) bond motifs is 1. The average Bonchev–Trinajstić information content (AvgIpc) is 3.08. The number of esters is 1. The van der Waals surface area contributed by atoms with Crippen molar-refractivity contribution in [1.29, 1.82) is 0 Å². The maximum Gasteiger partial charge on any atom is 0.355 e. The molecule has 0 spiro atoms. The summed E-state index contributed by atoms with van der Waals surface area (Å²) in [4.78, 5) is 49.2. The van der Waals surface area contributed by atoms with Gasteiger partial charge in [0.25, 0.3) is 5.91 Å². The molecule has 1 aromatic carbocycles. The van der Waals surface area contributed by atoms with Crippen molar-refractivity contribution in [3.63, 3.8) is 0 Å². The smallest absolute Gasteiger partial charge is 0.355 e. The number of ether oxygens (including phenoxy) is 1. The summed E-state index contributed by atoms with van der Waals surface area (Å²) in [5.74, 6) is -3.65. The van der Waals surface area contributed by atoms with Gasteiger partial charge in [-0.25, -0.2) is 9.69 Å². The van der Waals surface area contributed by atoms with Gasteiger partial charge in [-0.15, -0.1) is 15.1 Å². The van der Waals surface area contributed by atoms with E-state index in [0.29, 0.717) is 5.12 Å². The van der Waals surface area contributed by atoms with Crippen LogP contribution in [0, 0.1) is 10.8 Å². The zero-order chi connectivity index (χ0) is 18.3. The minimum atomic E-state index is -1.33. The first kappa shape index (κ1) is 17.3. The van der Waals surface area contributed by atoms with Crippen LogP contribution in [-0.2, 0) is 19.1 Å². The van der Waals surface area contributed by atoms with Gasteiger partial charge in [-0.2, -0.15) is 0 Å². The van der Waals surface area contributed by atoms with Crippen LogP contribution in [0.1, 0.15) is 6.92 Å². The first-order valence-electron chi connectivity index (χ1n) is 7.11. The Balaban J connectivity index is 2.02. The molecule has 3 rings (SSSR count). The molecule has 0 aliphatic carbocycles. The van der Waals surface area contributed by atoms with Gasteiger partial charge in [0.05, 0.1) is 27.6 Å². The van der Waals surface area contributed by atoms with Gasteiger partial charge < -0.3 is 4.74 Å². The highest BCUT2D eigenvalue weighted by Gasteiger charge is 2.59. The van der Waals surface area contributed by atoms with Crippen LogP contribution in [0.15, 0.2) is 28.6 Å². The highest BCUT2D eigenvalue weighted by atomic mass is 35.5. The third-order valence-electron chi connectivity index (χ3n) is 3.76. The molecule has 2 amide bonds. The topological polar surface area (TPSA) is 109 Å². The summed E-state index contributed by atoms with van der Waals surface area (Å²) in [6.45, 7) is 1.62. The monoisotopic (exact) mass is 384 g/mol. The van der Waals surface area contributed by atoms with E-state index in [4.69, 9.17) is 27.9 Å². The van der Waals surface area contributed by atoms with E-state index in [1.807, 2.05) is 0 Å². The number of nitrogens with zero attached hydrogens (tertiary/aromatic N) is 4. The number of anilines is 1. The quantitative estimate of drug-likeness (QED) is 0.444.